The highest BCUT2D eigenvalue weighted by Gasteiger charge is 2.19. The van der Waals surface area contributed by atoms with Crippen molar-refractivity contribution in [2.45, 2.75) is 26.8 Å². The van der Waals surface area contributed by atoms with Gasteiger partial charge in [0.25, 0.3) is 10.2 Å². The fraction of sp³-hybridized carbons (Fsp3) is 1.00. The van der Waals surface area contributed by atoms with E-state index in [9.17, 15) is 8.42 Å². The van der Waals surface area contributed by atoms with Gasteiger partial charge >= 0.3 is 0 Å². The number of hydrogen-bond donors (Lipinski definition) is 2. The Morgan fingerprint density at radius 3 is 2.21 bits per heavy atom. The van der Waals surface area contributed by atoms with Crippen LogP contribution in [-0.2, 0) is 10.2 Å². The van der Waals surface area contributed by atoms with Gasteiger partial charge < -0.3 is 5.73 Å². The summed E-state index contributed by atoms with van der Waals surface area (Å²) in [4.78, 5) is 0. The van der Waals surface area contributed by atoms with Crippen molar-refractivity contribution in [3.63, 3.8) is 0 Å². The summed E-state index contributed by atoms with van der Waals surface area (Å²) in [5.74, 6) is 0.170. The van der Waals surface area contributed by atoms with Crippen LogP contribution >= 0.6 is 0 Å². The molecule has 0 aromatic heterocycles. The van der Waals surface area contributed by atoms with Crippen molar-refractivity contribution in [2.24, 2.45) is 11.7 Å². The van der Waals surface area contributed by atoms with E-state index in [1.165, 1.54) is 4.31 Å². The molecular formula is C8H21N3O2S. The summed E-state index contributed by atoms with van der Waals surface area (Å²) < 4.78 is 26.9. The average Bonchev–Trinajstić information content (AvgIpc) is 2.01. The first-order chi connectivity index (χ1) is 6.29. The van der Waals surface area contributed by atoms with Crippen molar-refractivity contribution < 1.29 is 8.42 Å². The Bertz CT molecular complexity index is 251. The van der Waals surface area contributed by atoms with Gasteiger partial charge in [-0.2, -0.15) is 17.4 Å². The maximum absolute atomic E-state index is 11.6. The van der Waals surface area contributed by atoms with E-state index in [1.807, 2.05) is 6.92 Å². The van der Waals surface area contributed by atoms with Gasteiger partial charge in [0, 0.05) is 19.6 Å². The van der Waals surface area contributed by atoms with Crippen molar-refractivity contribution >= 4 is 10.2 Å². The SMILES string of the molecule is CC(CN)CN(C)S(=O)(=O)NC(C)C. The minimum atomic E-state index is -3.34. The van der Waals surface area contributed by atoms with Crippen molar-refractivity contribution in [1.29, 1.82) is 0 Å². The van der Waals surface area contributed by atoms with Gasteiger partial charge in [0.2, 0.25) is 0 Å². The van der Waals surface area contributed by atoms with E-state index < -0.39 is 10.2 Å². The fourth-order valence-corrected chi connectivity index (χ4v) is 2.23. The third-order valence-corrected chi connectivity index (χ3v) is 3.51. The summed E-state index contributed by atoms with van der Waals surface area (Å²) in [6, 6.07) is -0.0874. The quantitative estimate of drug-likeness (QED) is 0.652. The van der Waals surface area contributed by atoms with Crippen LogP contribution < -0.4 is 10.5 Å². The third kappa shape index (κ3) is 4.90. The molecule has 0 fully saturated rings. The molecule has 0 aliphatic heterocycles. The second kappa shape index (κ2) is 5.65. The molecule has 5 nitrogen and oxygen atoms in total. The Morgan fingerprint density at radius 2 is 1.86 bits per heavy atom. The van der Waals surface area contributed by atoms with Gasteiger partial charge in [0.05, 0.1) is 0 Å². The zero-order valence-electron chi connectivity index (χ0n) is 9.32. The predicted molar refractivity (Wildman–Crippen MR) is 58.0 cm³/mol. The molecular weight excluding hydrogens is 202 g/mol. The molecule has 0 bridgehead atoms. The summed E-state index contributed by atoms with van der Waals surface area (Å²) in [7, 11) is -1.78. The molecule has 0 aliphatic rings. The summed E-state index contributed by atoms with van der Waals surface area (Å²) in [5.41, 5.74) is 5.42. The Labute approximate surface area is 86.8 Å². The van der Waals surface area contributed by atoms with E-state index in [-0.39, 0.29) is 12.0 Å². The number of rotatable bonds is 6. The lowest BCUT2D eigenvalue weighted by Gasteiger charge is -2.21. The topological polar surface area (TPSA) is 75.4 Å². The molecule has 0 spiro atoms. The highest BCUT2D eigenvalue weighted by molar-refractivity contribution is 7.87. The first kappa shape index (κ1) is 13.8. The van der Waals surface area contributed by atoms with Crippen LogP contribution in [0.25, 0.3) is 0 Å². The summed E-state index contributed by atoms with van der Waals surface area (Å²) in [6.45, 7) is 6.43. The molecule has 14 heavy (non-hydrogen) atoms. The van der Waals surface area contributed by atoms with Gasteiger partial charge in [0.15, 0.2) is 0 Å². The van der Waals surface area contributed by atoms with Crippen molar-refractivity contribution in [1.82, 2.24) is 9.03 Å². The molecule has 1 unspecified atom stereocenters. The van der Waals surface area contributed by atoms with E-state index >= 15 is 0 Å². The molecule has 86 valence electrons. The molecule has 0 heterocycles. The van der Waals surface area contributed by atoms with E-state index in [1.54, 1.807) is 20.9 Å². The van der Waals surface area contributed by atoms with E-state index in [2.05, 4.69) is 4.72 Å². The second-order valence-electron chi connectivity index (χ2n) is 3.90. The summed E-state index contributed by atoms with van der Waals surface area (Å²) >= 11 is 0. The van der Waals surface area contributed by atoms with E-state index in [0.717, 1.165) is 0 Å². The average molecular weight is 223 g/mol. The monoisotopic (exact) mass is 223 g/mol. The largest absolute Gasteiger partial charge is 0.330 e. The van der Waals surface area contributed by atoms with Crippen LogP contribution in [-0.4, -0.2) is 38.9 Å². The molecule has 1 atom stereocenters. The van der Waals surface area contributed by atoms with Crippen LogP contribution in [0.1, 0.15) is 20.8 Å². The van der Waals surface area contributed by atoms with Gasteiger partial charge in [0.1, 0.15) is 0 Å². The predicted octanol–water partition coefficient (Wildman–Crippen LogP) is -0.244. The molecule has 0 aromatic rings. The standard InChI is InChI=1S/C8H21N3O2S/c1-7(2)10-14(12,13)11(4)6-8(3)5-9/h7-8,10H,5-6,9H2,1-4H3. The molecule has 6 heteroatoms. The van der Waals surface area contributed by atoms with Gasteiger partial charge in [-0.05, 0) is 26.3 Å². The summed E-state index contributed by atoms with van der Waals surface area (Å²) in [6.07, 6.45) is 0. The van der Waals surface area contributed by atoms with E-state index in [4.69, 9.17) is 5.73 Å². The van der Waals surface area contributed by atoms with Gasteiger partial charge in [-0.1, -0.05) is 6.92 Å². The van der Waals surface area contributed by atoms with E-state index in [0.29, 0.717) is 13.1 Å². The smallest absolute Gasteiger partial charge is 0.279 e. The third-order valence-electron chi connectivity index (χ3n) is 1.77. The first-order valence-corrected chi connectivity index (χ1v) is 6.17. The van der Waals surface area contributed by atoms with Crippen molar-refractivity contribution in [2.75, 3.05) is 20.1 Å². The normalized spacial score (nSPS) is 15.1. The molecule has 0 rings (SSSR count). The molecule has 0 radical (unpaired) electrons. The van der Waals surface area contributed by atoms with Crippen molar-refractivity contribution in [3.05, 3.63) is 0 Å². The number of hydrogen-bond acceptors (Lipinski definition) is 3. The summed E-state index contributed by atoms with van der Waals surface area (Å²) in [5, 5.41) is 0. The Kier molecular flexibility index (Phi) is 5.58. The number of nitrogens with zero attached hydrogens (tertiary/aromatic N) is 1. The van der Waals surface area contributed by atoms with Gasteiger partial charge in [-0.3, -0.25) is 0 Å². The second-order valence-corrected chi connectivity index (χ2v) is 5.71. The fourth-order valence-electron chi connectivity index (χ4n) is 0.999. The lowest BCUT2D eigenvalue weighted by molar-refractivity contribution is 0.396. The van der Waals surface area contributed by atoms with Crippen LogP contribution in [0.3, 0.4) is 0 Å². The number of nitrogens with two attached hydrogens (primary N) is 1. The zero-order valence-corrected chi connectivity index (χ0v) is 10.1. The molecule has 0 saturated heterocycles. The molecule has 0 aromatic carbocycles. The minimum Gasteiger partial charge on any atom is -0.330 e. The lowest BCUT2D eigenvalue weighted by Crippen LogP contribution is -2.43. The molecule has 0 saturated carbocycles. The maximum atomic E-state index is 11.6. The van der Waals surface area contributed by atoms with Crippen LogP contribution in [0.5, 0.6) is 0 Å². The number of nitrogens with one attached hydrogen (secondary N) is 1. The first-order valence-electron chi connectivity index (χ1n) is 4.73. The maximum Gasteiger partial charge on any atom is 0.279 e. The zero-order chi connectivity index (χ0) is 11.4. The minimum absolute atomic E-state index is 0.0874. The van der Waals surface area contributed by atoms with Crippen LogP contribution in [0.2, 0.25) is 0 Å². The van der Waals surface area contributed by atoms with Crippen LogP contribution in [0.15, 0.2) is 0 Å². The Morgan fingerprint density at radius 1 is 1.36 bits per heavy atom. The van der Waals surface area contributed by atoms with Crippen molar-refractivity contribution in [3.8, 4) is 0 Å². The molecule has 0 aliphatic carbocycles. The highest BCUT2D eigenvalue weighted by atomic mass is 32.2. The van der Waals surface area contributed by atoms with Crippen LogP contribution in [0.4, 0.5) is 0 Å². The molecule has 3 N–H and O–H groups in total. The Hall–Kier alpha value is -0.170. The molecule has 0 amide bonds. The lowest BCUT2D eigenvalue weighted by atomic mass is 10.2. The van der Waals surface area contributed by atoms with Gasteiger partial charge in [-0.25, -0.2) is 0 Å². The van der Waals surface area contributed by atoms with Crippen LogP contribution in [0, 0.1) is 5.92 Å². The van der Waals surface area contributed by atoms with Gasteiger partial charge in [-0.15, -0.1) is 0 Å². The highest BCUT2D eigenvalue weighted by Crippen LogP contribution is 2.01. The Balaban J connectivity index is 4.29.